The van der Waals surface area contributed by atoms with Crippen LogP contribution in [-0.2, 0) is 9.53 Å². The number of ether oxygens (including phenoxy) is 1. The van der Waals surface area contributed by atoms with Crippen molar-refractivity contribution in [1.82, 2.24) is 5.32 Å². The molecule has 74 valence electrons. The Morgan fingerprint density at radius 2 is 2.31 bits per heavy atom. The molecule has 0 aromatic rings. The Morgan fingerprint density at radius 3 is 2.77 bits per heavy atom. The Kier molecular flexibility index (Phi) is 3.48. The molecule has 0 aromatic carbocycles. The van der Waals surface area contributed by atoms with Gasteiger partial charge in [0.15, 0.2) is 0 Å². The van der Waals surface area contributed by atoms with Crippen LogP contribution in [0.1, 0.15) is 13.3 Å². The molecule has 1 aliphatic rings. The average molecular weight is 203 g/mol. The average Bonchev–Trinajstić information content (AvgIpc) is 2.41. The summed E-state index contributed by atoms with van der Waals surface area (Å²) in [4.78, 5) is 21.6. The zero-order chi connectivity index (χ0) is 9.84. The molecule has 1 amide bonds. The maximum absolute atomic E-state index is 11.0. The molecule has 1 N–H and O–H groups in total. The van der Waals surface area contributed by atoms with Crippen molar-refractivity contribution in [3.05, 3.63) is 0 Å². The van der Waals surface area contributed by atoms with E-state index in [-0.39, 0.29) is 10.5 Å². The lowest BCUT2D eigenvalue weighted by Crippen LogP contribution is -2.29. The van der Waals surface area contributed by atoms with Crippen LogP contribution >= 0.6 is 10.5 Å². The van der Waals surface area contributed by atoms with Gasteiger partial charge in [-0.15, -0.1) is 0 Å². The van der Waals surface area contributed by atoms with Crippen molar-refractivity contribution in [1.29, 1.82) is 0 Å². The Balaban J connectivity index is 2.38. The summed E-state index contributed by atoms with van der Waals surface area (Å²) in [6, 6.07) is -0.428. The van der Waals surface area contributed by atoms with Gasteiger partial charge in [-0.2, -0.15) is 10.5 Å². The number of carbonyl (C=O) groups is 2. The molecular weight excluding hydrogens is 190 g/mol. The van der Waals surface area contributed by atoms with Crippen LogP contribution in [0.4, 0.5) is 4.79 Å². The monoisotopic (exact) mass is 203 g/mol. The molecule has 0 bridgehead atoms. The minimum atomic E-state index is -0.619. The second-order valence-electron chi connectivity index (χ2n) is 2.83. The molecule has 2 unspecified atom stereocenters. The summed E-state index contributed by atoms with van der Waals surface area (Å²) in [6.45, 7) is 1.99. The smallest absolute Gasteiger partial charge is 0.375 e. The molecule has 0 saturated carbocycles. The van der Waals surface area contributed by atoms with E-state index < -0.39 is 18.1 Å². The van der Waals surface area contributed by atoms with Gasteiger partial charge in [0.25, 0.3) is 0 Å². The van der Waals surface area contributed by atoms with Crippen LogP contribution in [-0.4, -0.2) is 35.5 Å². The highest BCUT2D eigenvalue weighted by Crippen LogP contribution is 2.12. The summed E-state index contributed by atoms with van der Waals surface area (Å²) in [5, 5.41) is 4.56. The minimum absolute atomic E-state index is 0.217. The highest BCUT2D eigenvalue weighted by Gasteiger charge is 2.31. The summed E-state index contributed by atoms with van der Waals surface area (Å²) < 4.78 is 4.34. The highest BCUT2D eigenvalue weighted by molar-refractivity contribution is 8.14. The van der Waals surface area contributed by atoms with Crippen LogP contribution in [0.5, 0.6) is 0 Å². The lowest BCUT2D eigenvalue weighted by atomic mass is 10.2. The van der Waals surface area contributed by atoms with Gasteiger partial charge >= 0.3 is 12.1 Å². The normalized spacial score (nSPS) is 24.3. The third kappa shape index (κ3) is 2.84. The number of alkyl carbamates (subject to hydrolysis) is 1. The number of amides is 1. The van der Waals surface area contributed by atoms with Gasteiger partial charge in [-0.1, -0.05) is 5.37 Å². The first-order valence-electron chi connectivity index (χ1n) is 4.06. The lowest BCUT2D eigenvalue weighted by molar-refractivity contribution is -0.135. The van der Waals surface area contributed by atoms with E-state index in [0.717, 1.165) is 5.75 Å². The Labute approximate surface area is 79.6 Å². The van der Waals surface area contributed by atoms with Crippen molar-refractivity contribution in [2.24, 2.45) is 0 Å². The van der Waals surface area contributed by atoms with Gasteiger partial charge in [0.1, 0.15) is 6.04 Å². The van der Waals surface area contributed by atoms with Crippen LogP contribution in [0.15, 0.2) is 0 Å². The van der Waals surface area contributed by atoms with Crippen LogP contribution in [0.2, 0.25) is 0 Å². The highest BCUT2D eigenvalue weighted by atomic mass is 32.2. The van der Waals surface area contributed by atoms with Gasteiger partial charge in [0.2, 0.25) is 0 Å². The number of carbonyl (C=O) groups excluding carboxylic acids is 2. The molecule has 1 rings (SSSR count). The van der Waals surface area contributed by atoms with E-state index in [2.05, 4.69) is 21.7 Å². The fourth-order valence-corrected chi connectivity index (χ4v) is 1.85. The van der Waals surface area contributed by atoms with Gasteiger partial charge < -0.3 is 10.1 Å². The van der Waals surface area contributed by atoms with E-state index in [9.17, 15) is 9.59 Å². The Bertz CT molecular complexity index is 262. The number of hydrogen-bond donors (Lipinski definition) is 1. The Hall–Kier alpha value is -0.840. The molecule has 1 heterocycles. The summed E-state index contributed by atoms with van der Waals surface area (Å²) in [5.41, 5.74) is 0. The van der Waals surface area contributed by atoms with Crippen molar-refractivity contribution in [3.63, 3.8) is 0 Å². The van der Waals surface area contributed by atoms with E-state index in [1.165, 1.54) is 0 Å². The largest absolute Gasteiger partial charge is 0.415 e. The first-order valence-corrected chi connectivity index (χ1v) is 5.93. The van der Waals surface area contributed by atoms with Crippen molar-refractivity contribution in [2.75, 3.05) is 12.0 Å². The quantitative estimate of drug-likeness (QED) is 0.418. The second kappa shape index (κ2) is 4.41. The fraction of sp³-hybridized carbons (Fsp3) is 0.625. The molecule has 1 fully saturated rings. The van der Waals surface area contributed by atoms with Gasteiger partial charge in [-0.05, 0) is 25.4 Å². The van der Waals surface area contributed by atoms with Gasteiger partial charge in [0.05, 0.1) is 0 Å². The predicted octanol–water partition coefficient (Wildman–Crippen LogP) is 0.732. The maximum atomic E-state index is 11.0. The molecule has 1 aliphatic heterocycles. The molecule has 13 heavy (non-hydrogen) atoms. The summed E-state index contributed by atoms with van der Waals surface area (Å²) in [6.07, 6.45) is 2.14. The molecule has 2 atom stereocenters. The zero-order valence-electron chi connectivity index (χ0n) is 7.70. The number of rotatable bonds is 3. The standard InChI is InChI=1S/C8H13NO3S/c1-3-13(2)5-4-6-7(10)12-8(11)9-6/h3,6H,4-5H2,1-2H3,(H,9,11). The van der Waals surface area contributed by atoms with Crippen LogP contribution in [0.3, 0.4) is 0 Å². The van der Waals surface area contributed by atoms with E-state index in [1.807, 2.05) is 6.92 Å². The third-order valence-corrected chi connectivity index (χ3v) is 3.59. The molecule has 4 nitrogen and oxygen atoms in total. The molecule has 0 aliphatic carbocycles. The van der Waals surface area contributed by atoms with Crippen LogP contribution in [0, 0.1) is 0 Å². The SMILES string of the molecule is C/C=S(\C)CCC1NC(=O)OC1=O. The maximum Gasteiger partial charge on any atom is 0.415 e. The first kappa shape index (κ1) is 10.2. The number of nitrogens with one attached hydrogen (secondary N) is 1. The van der Waals surface area contributed by atoms with Gasteiger partial charge in [-0.3, -0.25) is 0 Å². The van der Waals surface area contributed by atoms with Crippen LogP contribution in [0.25, 0.3) is 0 Å². The molecule has 0 radical (unpaired) electrons. The van der Waals surface area contributed by atoms with Crippen LogP contribution < -0.4 is 5.32 Å². The number of hydrogen-bond acceptors (Lipinski definition) is 3. The predicted molar refractivity (Wildman–Crippen MR) is 53.1 cm³/mol. The molecule has 0 aromatic heterocycles. The molecule has 0 spiro atoms. The van der Waals surface area contributed by atoms with Gasteiger partial charge in [0, 0.05) is 0 Å². The number of esters is 1. The summed E-state index contributed by atoms with van der Waals surface area (Å²) in [7, 11) is 0.217. The molecular formula is C8H13NO3S. The van der Waals surface area contributed by atoms with Gasteiger partial charge in [-0.25, -0.2) is 9.59 Å². The van der Waals surface area contributed by atoms with E-state index >= 15 is 0 Å². The second-order valence-corrected chi connectivity index (χ2v) is 5.09. The van der Waals surface area contributed by atoms with E-state index in [4.69, 9.17) is 0 Å². The van der Waals surface area contributed by atoms with Crippen molar-refractivity contribution >= 4 is 27.9 Å². The fourth-order valence-electron chi connectivity index (χ4n) is 1.00. The summed E-state index contributed by atoms with van der Waals surface area (Å²) >= 11 is 0. The van der Waals surface area contributed by atoms with Crippen molar-refractivity contribution in [3.8, 4) is 0 Å². The minimum Gasteiger partial charge on any atom is -0.375 e. The topological polar surface area (TPSA) is 55.4 Å². The first-order chi connectivity index (χ1) is 6.13. The Morgan fingerprint density at radius 1 is 1.62 bits per heavy atom. The third-order valence-electron chi connectivity index (χ3n) is 1.90. The van der Waals surface area contributed by atoms with E-state index in [0.29, 0.717) is 6.42 Å². The zero-order valence-corrected chi connectivity index (χ0v) is 8.52. The lowest BCUT2D eigenvalue weighted by Gasteiger charge is -2.05. The molecule has 5 heteroatoms. The van der Waals surface area contributed by atoms with Crippen molar-refractivity contribution < 1.29 is 14.3 Å². The van der Waals surface area contributed by atoms with Crippen molar-refractivity contribution in [2.45, 2.75) is 19.4 Å². The van der Waals surface area contributed by atoms with E-state index in [1.54, 1.807) is 0 Å². The number of cyclic esters (lactones) is 2. The molecule has 1 saturated heterocycles. The summed E-state index contributed by atoms with van der Waals surface area (Å²) in [5.74, 6) is 0.467.